The first-order valence-corrected chi connectivity index (χ1v) is 3.46. The number of rotatable bonds is 5. The van der Waals surface area contributed by atoms with E-state index in [-0.39, 0.29) is 13.0 Å². The van der Waals surface area contributed by atoms with Crippen molar-refractivity contribution in [3.63, 3.8) is 0 Å². The molecule has 4 nitrogen and oxygen atoms in total. The first kappa shape index (κ1) is 12.2. The second-order valence-electron chi connectivity index (χ2n) is 2.40. The van der Waals surface area contributed by atoms with Crippen LogP contribution in [0.25, 0.3) is 0 Å². The lowest BCUT2D eigenvalue weighted by atomic mass is 10.2. The Hall–Kier alpha value is -0.820. The third-order valence-corrected chi connectivity index (χ3v) is 1.16. The number of alkyl halides is 3. The average Bonchev–Trinajstić information content (AvgIpc) is 1.95. The van der Waals surface area contributed by atoms with E-state index in [9.17, 15) is 18.0 Å². The Morgan fingerprint density at radius 3 is 2.46 bits per heavy atom. The quantitative estimate of drug-likeness (QED) is 0.630. The van der Waals surface area contributed by atoms with Gasteiger partial charge in [-0.3, -0.25) is 4.79 Å². The van der Waals surface area contributed by atoms with Crippen LogP contribution in [0, 0.1) is 0 Å². The van der Waals surface area contributed by atoms with Crippen molar-refractivity contribution in [3.8, 4) is 0 Å². The minimum atomic E-state index is -4.38. The first-order valence-electron chi connectivity index (χ1n) is 3.46. The molecule has 0 fully saturated rings. The molecule has 7 heteroatoms. The summed E-state index contributed by atoms with van der Waals surface area (Å²) in [4.78, 5) is 10.1. The maximum atomic E-state index is 11.5. The summed E-state index contributed by atoms with van der Waals surface area (Å²) in [7, 11) is 0. The van der Waals surface area contributed by atoms with Gasteiger partial charge in [0.15, 0.2) is 0 Å². The predicted octanol–water partition coefficient (Wildman–Crippen LogP) is 0.367. The van der Waals surface area contributed by atoms with E-state index in [4.69, 9.17) is 10.8 Å². The third kappa shape index (κ3) is 7.54. The van der Waals surface area contributed by atoms with Gasteiger partial charge in [0.2, 0.25) is 0 Å². The number of hydrogen-bond donors (Lipinski definition) is 2. The number of carboxylic acids is 1. The van der Waals surface area contributed by atoms with E-state index >= 15 is 0 Å². The number of hydrogen-bond acceptors (Lipinski definition) is 3. The molecule has 13 heavy (non-hydrogen) atoms. The van der Waals surface area contributed by atoms with Gasteiger partial charge in [-0.15, -0.1) is 0 Å². The molecule has 78 valence electrons. The Balaban J connectivity index is 3.41. The van der Waals surface area contributed by atoms with E-state index in [1.807, 2.05) is 0 Å². The van der Waals surface area contributed by atoms with Crippen molar-refractivity contribution in [1.29, 1.82) is 0 Å². The highest BCUT2D eigenvalue weighted by Crippen LogP contribution is 2.14. The molecule has 0 aromatic rings. The number of aliphatic carboxylic acids is 1. The van der Waals surface area contributed by atoms with Crippen molar-refractivity contribution in [2.24, 2.45) is 5.73 Å². The molecule has 1 atom stereocenters. The SMILES string of the molecule is NC(CCOCC(F)(F)F)C(=O)O. The Bertz CT molecular complexity index is 171. The van der Waals surface area contributed by atoms with Crippen molar-refractivity contribution < 1.29 is 27.8 Å². The number of carboxylic acid groups (broad SMARTS) is 1. The van der Waals surface area contributed by atoms with E-state index < -0.39 is 24.8 Å². The maximum Gasteiger partial charge on any atom is 0.411 e. The van der Waals surface area contributed by atoms with Crippen LogP contribution in [0.2, 0.25) is 0 Å². The van der Waals surface area contributed by atoms with Crippen LogP contribution in [0.15, 0.2) is 0 Å². The zero-order valence-electron chi connectivity index (χ0n) is 6.67. The fraction of sp³-hybridized carbons (Fsp3) is 0.833. The van der Waals surface area contributed by atoms with Gasteiger partial charge < -0.3 is 15.6 Å². The molecule has 0 radical (unpaired) electrons. The number of nitrogens with two attached hydrogens (primary N) is 1. The fourth-order valence-corrected chi connectivity index (χ4v) is 0.522. The van der Waals surface area contributed by atoms with E-state index in [0.29, 0.717) is 0 Å². The molecule has 0 amide bonds. The molecule has 0 spiro atoms. The van der Waals surface area contributed by atoms with E-state index in [1.165, 1.54) is 0 Å². The van der Waals surface area contributed by atoms with Crippen LogP contribution in [0.5, 0.6) is 0 Å². The van der Waals surface area contributed by atoms with Gasteiger partial charge in [-0.2, -0.15) is 13.2 Å². The van der Waals surface area contributed by atoms with Crippen molar-refractivity contribution in [2.75, 3.05) is 13.2 Å². The largest absolute Gasteiger partial charge is 0.480 e. The molecule has 0 bridgehead atoms. The molecule has 0 aliphatic heterocycles. The highest BCUT2D eigenvalue weighted by Gasteiger charge is 2.27. The van der Waals surface area contributed by atoms with Crippen molar-refractivity contribution >= 4 is 5.97 Å². The summed E-state index contributed by atoms with van der Waals surface area (Å²) in [6, 6.07) is -1.17. The van der Waals surface area contributed by atoms with Crippen LogP contribution >= 0.6 is 0 Å². The first-order chi connectivity index (χ1) is 5.83. The molecule has 0 aliphatic rings. The summed E-state index contributed by atoms with van der Waals surface area (Å²) in [6.07, 6.45) is -4.52. The highest BCUT2D eigenvalue weighted by molar-refractivity contribution is 5.72. The molecule has 1 unspecified atom stereocenters. The molecule has 0 aromatic carbocycles. The molecule has 0 heterocycles. The Morgan fingerprint density at radius 2 is 2.08 bits per heavy atom. The minimum absolute atomic E-state index is 0.134. The van der Waals surface area contributed by atoms with E-state index in [1.54, 1.807) is 0 Å². The van der Waals surface area contributed by atoms with Gasteiger partial charge in [-0.1, -0.05) is 0 Å². The summed E-state index contributed by atoms with van der Waals surface area (Å²) in [5.41, 5.74) is 5.01. The Morgan fingerprint density at radius 1 is 1.54 bits per heavy atom. The van der Waals surface area contributed by atoms with Gasteiger partial charge in [-0.05, 0) is 6.42 Å². The maximum absolute atomic E-state index is 11.5. The Kier molecular flexibility index (Phi) is 4.71. The average molecular weight is 201 g/mol. The minimum Gasteiger partial charge on any atom is -0.480 e. The van der Waals surface area contributed by atoms with E-state index in [0.717, 1.165) is 0 Å². The molecule has 0 saturated heterocycles. The van der Waals surface area contributed by atoms with E-state index in [2.05, 4.69) is 4.74 Å². The molecule has 0 rings (SSSR count). The lowest BCUT2D eigenvalue weighted by molar-refractivity contribution is -0.174. The van der Waals surface area contributed by atoms with Crippen LogP contribution in [-0.2, 0) is 9.53 Å². The van der Waals surface area contributed by atoms with Gasteiger partial charge in [-0.25, -0.2) is 0 Å². The summed E-state index contributed by atoms with van der Waals surface area (Å²) < 4.78 is 38.5. The van der Waals surface area contributed by atoms with Crippen LogP contribution in [-0.4, -0.2) is 36.5 Å². The molecule has 0 saturated carbocycles. The lowest BCUT2D eigenvalue weighted by Crippen LogP contribution is -2.31. The zero-order valence-corrected chi connectivity index (χ0v) is 6.67. The van der Waals surface area contributed by atoms with Crippen LogP contribution in [0.3, 0.4) is 0 Å². The van der Waals surface area contributed by atoms with Gasteiger partial charge in [0, 0.05) is 6.61 Å². The van der Waals surface area contributed by atoms with Gasteiger partial charge in [0.25, 0.3) is 0 Å². The second-order valence-corrected chi connectivity index (χ2v) is 2.40. The van der Waals surface area contributed by atoms with Gasteiger partial charge >= 0.3 is 12.1 Å². The zero-order chi connectivity index (χ0) is 10.5. The number of halogens is 3. The summed E-state index contributed by atoms with van der Waals surface area (Å²) in [5, 5.41) is 8.24. The predicted molar refractivity (Wildman–Crippen MR) is 37.1 cm³/mol. The van der Waals surface area contributed by atoms with Crippen molar-refractivity contribution in [2.45, 2.75) is 18.6 Å². The number of carbonyl (C=O) groups is 1. The monoisotopic (exact) mass is 201 g/mol. The normalized spacial score (nSPS) is 14.2. The highest BCUT2D eigenvalue weighted by atomic mass is 19.4. The third-order valence-electron chi connectivity index (χ3n) is 1.16. The number of ether oxygens (including phenoxy) is 1. The fourth-order valence-electron chi connectivity index (χ4n) is 0.522. The molecular formula is C6H10F3NO3. The molecule has 3 N–H and O–H groups in total. The smallest absolute Gasteiger partial charge is 0.411 e. The van der Waals surface area contributed by atoms with Crippen LogP contribution in [0.4, 0.5) is 13.2 Å². The summed E-state index contributed by atoms with van der Waals surface area (Å²) >= 11 is 0. The molecule has 0 aliphatic carbocycles. The topological polar surface area (TPSA) is 72.5 Å². The molecular weight excluding hydrogens is 191 g/mol. The van der Waals surface area contributed by atoms with Crippen LogP contribution < -0.4 is 5.73 Å². The van der Waals surface area contributed by atoms with Crippen molar-refractivity contribution in [3.05, 3.63) is 0 Å². The van der Waals surface area contributed by atoms with Crippen LogP contribution in [0.1, 0.15) is 6.42 Å². The standard InChI is InChI=1S/C6H10F3NO3/c7-6(8,9)3-13-2-1-4(10)5(11)12/h4H,1-3,10H2,(H,11,12). The Labute approximate surface area is 72.5 Å². The van der Waals surface area contributed by atoms with Gasteiger partial charge in [0.05, 0.1) is 0 Å². The van der Waals surface area contributed by atoms with Crippen molar-refractivity contribution in [1.82, 2.24) is 0 Å². The lowest BCUT2D eigenvalue weighted by Gasteiger charge is -2.08. The summed E-state index contributed by atoms with van der Waals surface area (Å²) in [5.74, 6) is -1.25. The molecule has 0 aromatic heterocycles. The second kappa shape index (κ2) is 5.03. The van der Waals surface area contributed by atoms with Gasteiger partial charge in [0.1, 0.15) is 12.6 Å². The summed E-state index contributed by atoms with van der Waals surface area (Å²) in [6.45, 7) is -1.69.